The maximum absolute atomic E-state index is 13.1. The Hall–Kier alpha value is -4.00. The van der Waals surface area contributed by atoms with Crippen molar-refractivity contribution >= 4 is 5.97 Å². The van der Waals surface area contributed by atoms with E-state index in [2.05, 4.69) is 0 Å². The maximum Gasteiger partial charge on any atom is 0.416 e. The molecular weight excluding hydrogens is 453 g/mol. The summed E-state index contributed by atoms with van der Waals surface area (Å²) in [5.74, 6) is -0.359. The molecule has 0 radical (unpaired) electrons. The Balaban J connectivity index is 1.42. The third-order valence-electron chi connectivity index (χ3n) is 5.69. The van der Waals surface area contributed by atoms with E-state index in [1.54, 1.807) is 25.1 Å². The van der Waals surface area contributed by atoms with E-state index in [-0.39, 0.29) is 5.97 Å². The maximum atomic E-state index is 13.1. The number of alkyl halides is 3. The first-order chi connectivity index (χ1) is 16.7. The van der Waals surface area contributed by atoms with E-state index >= 15 is 0 Å². The molecule has 0 amide bonds. The molecule has 2 aromatic heterocycles. The van der Waals surface area contributed by atoms with Crippen LogP contribution in [0.1, 0.15) is 32.6 Å². The topological polar surface area (TPSA) is 34.1 Å². The van der Waals surface area contributed by atoms with Crippen molar-refractivity contribution in [2.75, 3.05) is 7.11 Å². The van der Waals surface area contributed by atoms with Gasteiger partial charge in [-0.1, -0.05) is 17.7 Å². The van der Waals surface area contributed by atoms with Gasteiger partial charge in [-0.25, -0.2) is 13.9 Å². The van der Waals surface area contributed by atoms with Crippen molar-refractivity contribution in [3.8, 4) is 11.1 Å². The van der Waals surface area contributed by atoms with Gasteiger partial charge < -0.3 is 4.74 Å². The molecule has 0 fully saturated rings. The van der Waals surface area contributed by atoms with E-state index < -0.39 is 11.7 Å². The van der Waals surface area contributed by atoms with Gasteiger partial charge in [0.1, 0.15) is 0 Å². The van der Waals surface area contributed by atoms with Crippen molar-refractivity contribution in [2.24, 2.45) is 0 Å². The molecular formula is C28H25F3N2O2+2. The molecule has 0 saturated carbocycles. The van der Waals surface area contributed by atoms with Crippen molar-refractivity contribution in [2.45, 2.75) is 26.2 Å². The standard InChI is InChI=1S/C28H25F3N2O2/c1-20-15-22(17-26(16-20)28(29,30)31)19-33-13-9-24(10-14-33)23-7-11-32(12-8-23)18-21-3-5-25(6-4-21)27(34)35-2/h3-17H,18-19H2,1-2H3/q+2. The Morgan fingerprint density at radius 3 is 1.77 bits per heavy atom. The number of pyridine rings is 2. The minimum atomic E-state index is -4.36. The molecule has 0 unspecified atom stereocenters. The first-order valence-corrected chi connectivity index (χ1v) is 11.0. The average molecular weight is 479 g/mol. The van der Waals surface area contributed by atoms with Gasteiger partial charge >= 0.3 is 12.1 Å². The number of carbonyl (C=O) groups excluding carboxylic acids is 1. The van der Waals surface area contributed by atoms with E-state index in [0.29, 0.717) is 29.8 Å². The third-order valence-corrected chi connectivity index (χ3v) is 5.69. The van der Waals surface area contributed by atoms with Gasteiger partial charge in [-0.05, 0) is 48.4 Å². The Kier molecular flexibility index (Phi) is 6.96. The lowest BCUT2D eigenvalue weighted by Crippen LogP contribution is -2.33. The van der Waals surface area contributed by atoms with Crippen molar-refractivity contribution in [1.29, 1.82) is 0 Å². The van der Waals surface area contributed by atoms with Gasteiger partial charge in [-0.15, -0.1) is 0 Å². The summed E-state index contributed by atoms with van der Waals surface area (Å²) in [5.41, 5.74) is 4.18. The van der Waals surface area contributed by atoms with Crippen LogP contribution in [0.25, 0.3) is 11.1 Å². The zero-order valence-electron chi connectivity index (χ0n) is 19.4. The Morgan fingerprint density at radius 1 is 0.771 bits per heavy atom. The number of nitrogens with zero attached hydrogens (tertiary/aromatic N) is 2. The monoisotopic (exact) mass is 478 g/mol. The highest BCUT2D eigenvalue weighted by Gasteiger charge is 2.31. The largest absolute Gasteiger partial charge is 0.465 e. The number of hydrogen-bond donors (Lipinski definition) is 0. The summed E-state index contributed by atoms with van der Waals surface area (Å²) < 4.78 is 48.0. The van der Waals surface area contributed by atoms with Gasteiger partial charge in [0.15, 0.2) is 37.9 Å². The Morgan fingerprint density at radius 2 is 1.29 bits per heavy atom. The number of hydrogen-bond acceptors (Lipinski definition) is 2. The van der Waals surface area contributed by atoms with Crippen LogP contribution in [0.5, 0.6) is 0 Å². The highest BCUT2D eigenvalue weighted by molar-refractivity contribution is 5.89. The highest BCUT2D eigenvalue weighted by atomic mass is 19.4. The number of aromatic nitrogens is 2. The summed E-state index contributed by atoms with van der Waals surface area (Å²) in [6.07, 6.45) is 3.35. The molecule has 178 valence electrons. The normalized spacial score (nSPS) is 11.3. The first-order valence-electron chi connectivity index (χ1n) is 11.0. The lowest BCUT2D eigenvalue weighted by Gasteiger charge is -2.09. The van der Waals surface area contributed by atoms with Gasteiger partial charge in [-0.2, -0.15) is 13.2 Å². The summed E-state index contributed by atoms with van der Waals surface area (Å²) in [4.78, 5) is 11.6. The van der Waals surface area contributed by atoms with Gasteiger partial charge in [0.05, 0.1) is 18.2 Å². The number of esters is 1. The lowest BCUT2D eigenvalue weighted by atomic mass is 10.1. The second kappa shape index (κ2) is 10.1. The number of aryl methyl sites for hydroxylation is 1. The molecule has 0 aliphatic heterocycles. The van der Waals surface area contributed by atoms with E-state index in [0.717, 1.165) is 22.8 Å². The van der Waals surface area contributed by atoms with Crippen LogP contribution in [0, 0.1) is 6.92 Å². The molecule has 0 atom stereocenters. The van der Waals surface area contributed by atoms with Crippen LogP contribution in [0.15, 0.2) is 91.5 Å². The zero-order valence-corrected chi connectivity index (χ0v) is 19.4. The predicted octanol–water partition coefficient (Wildman–Crippen LogP) is 5.14. The highest BCUT2D eigenvalue weighted by Crippen LogP contribution is 2.30. The Labute approximate surface area is 201 Å². The molecule has 0 aliphatic carbocycles. The van der Waals surface area contributed by atoms with E-state index in [9.17, 15) is 18.0 Å². The number of methoxy groups -OCH3 is 1. The van der Waals surface area contributed by atoms with Crippen molar-refractivity contribution in [3.05, 3.63) is 119 Å². The lowest BCUT2D eigenvalue weighted by molar-refractivity contribution is -0.688. The van der Waals surface area contributed by atoms with Crippen LogP contribution in [-0.2, 0) is 24.0 Å². The molecule has 4 rings (SSSR count). The van der Waals surface area contributed by atoms with Gasteiger partial charge in [-0.3, -0.25) is 0 Å². The van der Waals surface area contributed by atoms with Crippen LogP contribution in [0.4, 0.5) is 13.2 Å². The molecule has 4 nitrogen and oxygen atoms in total. The molecule has 2 heterocycles. The van der Waals surface area contributed by atoms with Crippen molar-refractivity contribution in [3.63, 3.8) is 0 Å². The van der Waals surface area contributed by atoms with Crippen molar-refractivity contribution in [1.82, 2.24) is 0 Å². The molecule has 2 aromatic carbocycles. The zero-order chi connectivity index (χ0) is 25.0. The summed E-state index contributed by atoms with van der Waals surface area (Å²) in [5, 5.41) is 0. The van der Waals surface area contributed by atoms with Crippen LogP contribution >= 0.6 is 0 Å². The summed E-state index contributed by atoms with van der Waals surface area (Å²) in [6.45, 7) is 2.69. The first kappa shape index (κ1) is 24.1. The fraction of sp³-hybridized carbons (Fsp3) is 0.179. The summed E-state index contributed by atoms with van der Waals surface area (Å²) in [7, 11) is 1.36. The number of ether oxygens (including phenoxy) is 1. The van der Waals surface area contributed by atoms with E-state index in [4.69, 9.17) is 4.74 Å². The molecule has 0 N–H and O–H groups in total. The summed E-state index contributed by atoms with van der Waals surface area (Å²) >= 11 is 0. The third kappa shape index (κ3) is 6.12. The molecule has 0 spiro atoms. The molecule has 35 heavy (non-hydrogen) atoms. The number of rotatable bonds is 6. The van der Waals surface area contributed by atoms with Crippen LogP contribution in [0.2, 0.25) is 0 Å². The van der Waals surface area contributed by atoms with E-state index in [1.165, 1.54) is 13.2 Å². The van der Waals surface area contributed by atoms with Crippen LogP contribution in [0.3, 0.4) is 0 Å². The van der Waals surface area contributed by atoms with Crippen LogP contribution in [-0.4, -0.2) is 13.1 Å². The number of benzene rings is 2. The smallest absolute Gasteiger partial charge is 0.416 e. The number of halogens is 3. The van der Waals surface area contributed by atoms with Crippen LogP contribution < -0.4 is 9.13 Å². The fourth-order valence-electron chi connectivity index (χ4n) is 3.91. The van der Waals surface area contributed by atoms with Gasteiger partial charge in [0, 0.05) is 35.4 Å². The summed E-state index contributed by atoms with van der Waals surface area (Å²) in [6, 6.07) is 19.4. The van der Waals surface area contributed by atoms with E-state index in [1.807, 2.05) is 70.3 Å². The second-order valence-corrected chi connectivity index (χ2v) is 8.41. The van der Waals surface area contributed by atoms with Gasteiger partial charge in [0.25, 0.3) is 0 Å². The fourth-order valence-corrected chi connectivity index (χ4v) is 3.91. The van der Waals surface area contributed by atoms with Gasteiger partial charge in [0.2, 0.25) is 0 Å². The molecule has 0 saturated heterocycles. The Bertz CT molecular complexity index is 1310. The molecule has 7 heteroatoms. The minimum Gasteiger partial charge on any atom is -0.465 e. The molecule has 0 aliphatic rings. The SMILES string of the molecule is COC(=O)c1ccc(C[n+]2ccc(-c3cc[n+](Cc4cc(C)cc(C(F)(F)F)c4)cc3)cc2)cc1. The molecule has 0 bridgehead atoms. The van der Waals surface area contributed by atoms with Crippen molar-refractivity contribution < 1.29 is 31.8 Å². The second-order valence-electron chi connectivity index (χ2n) is 8.41. The average Bonchev–Trinajstić information content (AvgIpc) is 2.84. The number of carbonyl (C=O) groups is 1. The minimum absolute atomic E-state index is 0.356. The predicted molar refractivity (Wildman–Crippen MR) is 124 cm³/mol. The quantitative estimate of drug-likeness (QED) is 0.284. The molecule has 4 aromatic rings.